The van der Waals surface area contributed by atoms with E-state index in [0.717, 1.165) is 36.5 Å². The predicted octanol–water partition coefficient (Wildman–Crippen LogP) is 4.96. The van der Waals surface area contributed by atoms with Crippen LogP contribution in [0.1, 0.15) is 85.5 Å². The van der Waals surface area contributed by atoms with Gasteiger partial charge in [-0.1, -0.05) is 13.8 Å². The van der Waals surface area contributed by atoms with Gasteiger partial charge in [-0.25, -0.2) is 0 Å². The fourth-order valence-corrected chi connectivity index (χ4v) is 8.39. The molecule has 0 aromatic heterocycles. The SMILES string of the molecule is CC(=O)O[C@@H](C)[C@@H]1CC[C@@H]2[C@H]3CC[C@H]4C[C@@H](O)CC[C@]4(C)[C@@H]3CC[C@]21C. The summed E-state index contributed by atoms with van der Waals surface area (Å²) in [5, 5.41) is 10.2. The third-order valence-corrected chi connectivity index (χ3v) is 9.63. The Balaban J connectivity index is 1.55. The van der Waals surface area contributed by atoms with E-state index in [9.17, 15) is 9.90 Å². The minimum atomic E-state index is -0.132. The van der Waals surface area contributed by atoms with E-state index < -0.39 is 0 Å². The van der Waals surface area contributed by atoms with Crippen LogP contribution < -0.4 is 0 Å². The quantitative estimate of drug-likeness (QED) is 0.706. The van der Waals surface area contributed by atoms with E-state index in [1.54, 1.807) is 6.92 Å². The maximum Gasteiger partial charge on any atom is 0.302 e. The highest BCUT2D eigenvalue weighted by Crippen LogP contribution is 2.67. The monoisotopic (exact) mass is 362 g/mol. The van der Waals surface area contributed by atoms with Crippen molar-refractivity contribution in [2.75, 3.05) is 0 Å². The Labute approximate surface area is 159 Å². The van der Waals surface area contributed by atoms with Crippen LogP contribution in [0.3, 0.4) is 0 Å². The number of esters is 1. The van der Waals surface area contributed by atoms with Crippen LogP contribution >= 0.6 is 0 Å². The molecule has 0 aromatic rings. The first-order valence-electron chi connectivity index (χ1n) is 11.1. The van der Waals surface area contributed by atoms with Crippen molar-refractivity contribution in [3.63, 3.8) is 0 Å². The molecular weight excluding hydrogens is 324 g/mol. The Morgan fingerprint density at radius 3 is 2.42 bits per heavy atom. The fraction of sp³-hybridized carbons (Fsp3) is 0.957. The van der Waals surface area contributed by atoms with Gasteiger partial charge in [-0.2, -0.15) is 0 Å². The average molecular weight is 363 g/mol. The average Bonchev–Trinajstić information content (AvgIpc) is 2.92. The van der Waals surface area contributed by atoms with Crippen molar-refractivity contribution in [3.05, 3.63) is 0 Å². The van der Waals surface area contributed by atoms with Gasteiger partial charge < -0.3 is 9.84 Å². The van der Waals surface area contributed by atoms with E-state index in [1.165, 1.54) is 44.9 Å². The number of carbonyl (C=O) groups is 1. The maximum atomic E-state index is 11.5. The molecular formula is C23H38O3. The van der Waals surface area contributed by atoms with Crippen LogP contribution in [-0.2, 0) is 9.53 Å². The van der Waals surface area contributed by atoms with Gasteiger partial charge in [0.25, 0.3) is 0 Å². The van der Waals surface area contributed by atoms with Crippen molar-refractivity contribution < 1.29 is 14.6 Å². The molecule has 0 aromatic carbocycles. The van der Waals surface area contributed by atoms with Gasteiger partial charge in [0.05, 0.1) is 6.10 Å². The number of ether oxygens (including phenoxy) is 1. The summed E-state index contributed by atoms with van der Waals surface area (Å²) in [6.07, 6.45) is 11.1. The molecule has 4 aliphatic rings. The zero-order valence-corrected chi connectivity index (χ0v) is 17.2. The van der Waals surface area contributed by atoms with Gasteiger partial charge in [0.15, 0.2) is 0 Å². The first kappa shape index (κ1) is 18.8. The highest BCUT2D eigenvalue weighted by atomic mass is 16.5. The maximum absolute atomic E-state index is 11.5. The molecule has 4 fully saturated rings. The second-order valence-corrected chi connectivity index (χ2v) is 10.6. The predicted molar refractivity (Wildman–Crippen MR) is 102 cm³/mol. The van der Waals surface area contributed by atoms with Crippen LogP contribution in [0.2, 0.25) is 0 Å². The normalized spacial score (nSPS) is 51.7. The molecule has 0 spiro atoms. The molecule has 0 bridgehead atoms. The minimum Gasteiger partial charge on any atom is -0.463 e. The summed E-state index contributed by atoms with van der Waals surface area (Å²) >= 11 is 0. The zero-order chi connectivity index (χ0) is 18.7. The second-order valence-electron chi connectivity index (χ2n) is 10.6. The van der Waals surface area contributed by atoms with Gasteiger partial charge in [0, 0.05) is 12.8 Å². The molecule has 148 valence electrons. The van der Waals surface area contributed by atoms with Gasteiger partial charge in [0.1, 0.15) is 6.10 Å². The lowest BCUT2D eigenvalue weighted by molar-refractivity contribution is -0.156. The van der Waals surface area contributed by atoms with Crippen molar-refractivity contribution in [2.45, 2.75) is 97.7 Å². The highest BCUT2D eigenvalue weighted by Gasteiger charge is 2.60. The van der Waals surface area contributed by atoms with Gasteiger partial charge in [0.2, 0.25) is 0 Å². The lowest BCUT2D eigenvalue weighted by Crippen LogP contribution is -2.54. The zero-order valence-electron chi connectivity index (χ0n) is 17.2. The van der Waals surface area contributed by atoms with Crippen LogP contribution in [-0.4, -0.2) is 23.3 Å². The standard InChI is InChI=1S/C23H38O3/c1-14(26-15(2)24)19-7-8-20-18-6-5-16-13-17(25)9-11-22(16,3)21(18)10-12-23(19,20)4/h14,16-21,25H,5-13H2,1-4H3/t14-,16-,17-,18+,19-,20+,21+,22-,23-/m0/s1. The molecule has 0 unspecified atom stereocenters. The molecule has 26 heavy (non-hydrogen) atoms. The molecule has 4 saturated carbocycles. The first-order chi connectivity index (χ1) is 12.3. The smallest absolute Gasteiger partial charge is 0.302 e. The lowest BCUT2D eigenvalue weighted by atomic mass is 9.44. The Morgan fingerprint density at radius 2 is 1.69 bits per heavy atom. The van der Waals surface area contributed by atoms with Crippen LogP contribution in [0, 0.1) is 40.4 Å². The molecule has 0 aliphatic heterocycles. The summed E-state index contributed by atoms with van der Waals surface area (Å²) in [4.78, 5) is 11.5. The molecule has 0 radical (unpaired) electrons. The van der Waals surface area contributed by atoms with Gasteiger partial charge >= 0.3 is 5.97 Å². The van der Waals surface area contributed by atoms with Gasteiger partial charge in [-0.15, -0.1) is 0 Å². The number of aliphatic hydroxyl groups is 1. The molecule has 0 amide bonds. The van der Waals surface area contributed by atoms with Gasteiger partial charge in [-0.05, 0) is 99.2 Å². The molecule has 1 N–H and O–H groups in total. The number of fused-ring (bicyclic) bond motifs is 5. The minimum absolute atomic E-state index is 0.0517. The number of hydrogen-bond donors (Lipinski definition) is 1. The molecule has 0 heterocycles. The van der Waals surface area contributed by atoms with Gasteiger partial charge in [-0.3, -0.25) is 4.79 Å². The van der Waals surface area contributed by atoms with Crippen molar-refractivity contribution in [2.24, 2.45) is 40.4 Å². The number of aliphatic hydroxyl groups excluding tert-OH is 1. The second kappa shape index (κ2) is 6.50. The number of carbonyl (C=O) groups excluding carboxylic acids is 1. The summed E-state index contributed by atoms with van der Waals surface area (Å²) in [6.45, 7) is 8.72. The Hall–Kier alpha value is -0.570. The van der Waals surface area contributed by atoms with E-state index in [4.69, 9.17) is 4.74 Å². The van der Waals surface area contributed by atoms with Crippen LogP contribution in [0.25, 0.3) is 0 Å². The van der Waals surface area contributed by atoms with Crippen LogP contribution in [0.4, 0.5) is 0 Å². The van der Waals surface area contributed by atoms with E-state index in [0.29, 0.717) is 16.7 Å². The fourth-order valence-electron chi connectivity index (χ4n) is 8.39. The number of rotatable bonds is 2. The van der Waals surface area contributed by atoms with Crippen molar-refractivity contribution in [3.8, 4) is 0 Å². The van der Waals surface area contributed by atoms with E-state index >= 15 is 0 Å². The summed E-state index contributed by atoms with van der Waals surface area (Å²) in [5.74, 6) is 3.61. The largest absolute Gasteiger partial charge is 0.463 e. The van der Waals surface area contributed by atoms with Crippen molar-refractivity contribution >= 4 is 5.97 Å². The Bertz CT molecular complexity index is 560. The molecule has 3 heteroatoms. The highest BCUT2D eigenvalue weighted by molar-refractivity contribution is 5.66. The van der Waals surface area contributed by atoms with Crippen molar-refractivity contribution in [1.29, 1.82) is 0 Å². The van der Waals surface area contributed by atoms with E-state index in [2.05, 4.69) is 20.8 Å². The summed E-state index contributed by atoms with van der Waals surface area (Å²) in [7, 11) is 0. The summed E-state index contributed by atoms with van der Waals surface area (Å²) < 4.78 is 5.64. The van der Waals surface area contributed by atoms with Crippen molar-refractivity contribution in [1.82, 2.24) is 0 Å². The summed E-state index contributed by atoms with van der Waals surface area (Å²) in [6, 6.07) is 0. The van der Waals surface area contributed by atoms with E-state index in [-0.39, 0.29) is 18.2 Å². The molecule has 4 rings (SSSR count). The third kappa shape index (κ3) is 2.75. The Morgan fingerprint density at radius 1 is 1.00 bits per heavy atom. The van der Waals surface area contributed by atoms with Crippen LogP contribution in [0.5, 0.6) is 0 Å². The number of hydrogen-bond acceptors (Lipinski definition) is 3. The molecule has 3 nitrogen and oxygen atoms in total. The third-order valence-electron chi connectivity index (χ3n) is 9.63. The topological polar surface area (TPSA) is 46.5 Å². The lowest BCUT2D eigenvalue weighted by Gasteiger charge is -2.61. The van der Waals surface area contributed by atoms with Crippen LogP contribution in [0.15, 0.2) is 0 Å². The van der Waals surface area contributed by atoms with E-state index in [1.807, 2.05) is 0 Å². The molecule has 4 aliphatic carbocycles. The Kier molecular flexibility index (Phi) is 4.69. The molecule has 9 atom stereocenters. The first-order valence-corrected chi connectivity index (χ1v) is 11.1. The summed E-state index contributed by atoms with van der Waals surface area (Å²) in [5.41, 5.74) is 0.788. The molecule has 0 saturated heterocycles.